The molecule has 0 radical (unpaired) electrons. The third kappa shape index (κ3) is 4.10. The zero-order valence-corrected chi connectivity index (χ0v) is 11.9. The lowest BCUT2D eigenvalue weighted by molar-refractivity contribution is 0.317. The molecule has 0 N–H and O–H groups in total. The third-order valence-corrected chi connectivity index (χ3v) is 2.76. The van der Waals surface area contributed by atoms with Gasteiger partial charge in [-0.25, -0.2) is 9.97 Å². The van der Waals surface area contributed by atoms with Crippen molar-refractivity contribution in [3.63, 3.8) is 0 Å². The van der Waals surface area contributed by atoms with E-state index in [1.165, 1.54) is 0 Å². The maximum Gasteiger partial charge on any atom is 0.205 e. The van der Waals surface area contributed by atoms with Gasteiger partial charge in [0.1, 0.15) is 5.75 Å². The molecule has 0 spiro atoms. The van der Waals surface area contributed by atoms with Crippen LogP contribution in [0.5, 0.6) is 5.75 Å². The largest absolute Gasteiger partial charge is 0.494 e. The highest BCUT2D eigenvalue weighted by atomic mass is 16.5. The monoisotopic (exact) mass is 266 g/mol. The summed E-state index contributed by atoms with van der Waals surface area (Å²) in [7, 11) is 0. The van der Waals surface area contributed by atoms with Crippen molar-refractivity contribution in [2.75, 3.05) is 6.61 Å². The van der Waals surface area contributed by atoms with Gasteiger partial charge in [0.15, 0.2) is 0 Å². The molecule has 0 bridgehead atoms. The topological polar surface area (TPSA) is 35.0 Å². The average molecular weight is 266 g/mol. The first-order valence-electron chi connectivity index (χ1n) is 6.87. The maximum atomic E-state index is 5.53. The second kappa shape index (κ2) is 7.30. The van der Waals surface area contributed by atoms with Crippen LogP contribution in [0.15, 0.2) is 36.7 Å². The van der Waals surface area contributed by atoms with E-state index >= 15 is 0 Å². The average Bonchev–Trinajstić information content (AvgIpc) is 2.52. The molecule has 3 nitrogen and oxygen atoms in total. The molecule has 1 aromatic heterocycles. The van der Waals surface area contributed by atoms with E-state index in [4.69, 9.17) is 4.74 Å². The van der Waals surface area contributed by atoms with Crippen LogP contribution < -0.4 is 4.74 Å². The van der Waals surface area contributed by atoms with Gasteiger partial charge >= 0.3 is 0 Å². The standard InChI is InChI=1S/C17H18N2O/c1-3-11-20-16-8-5-15(6-9-16)7-10-17-18-12-14(4-2)13-19-17/h5-6,8-9,12-13H,3-4,11H2,1-2H3. The predicted molar refractivity (Wildman–Crippen MR) is 79.6 cm³/mol. The smallest absolute Gasteiger partial charge is 0.205 e. The predicted octanol–water partition coefficient (Wildman–Crippen LogP) is 3.23. The van der Waals surface area contributed by atoms with Crippen molar-refractivity contribution in [3.8, 4) is 17.6 Å². The number of ether oxygens (including phenoxy) is 1. The molecule has 1 heterocycles. The third-order valence-electron chi connectivity index (χ3n) is 2.76. The Labute approximate surface area is 120 Å². The Morgan fingerprint density at radius 1 is 1.00 bits per heavy atom. The van der Waals surface area contributed by atoms with Gasteiger partial charge in [0.2, 0.25) is 5.82 Å². The number of hydrogen-bond donors (Lipinski definition) is 0. The molecule has 102 valence electrons. The lowest BCUT2D eigenvalue weighted by Crippen LogP contribution is -1.94. The fourth-order valence-corrected chi connectivity index (χ4v) is 1.58. The minimum atomic E-state index is 0.550. The first-order chi connectivity index (χ1) is 9.81. The van der Waals surface area contributed by atoms with E-state index in [0.717, 1.165) is 36.3 Å². The van der Waals surface area contributed by atoms with Crippen LogP contribution in [0.2, 0.25) is 0 Å². The number of hydrogen-bond acceptors (Lipinski definition) is 3. The molecule has 0 aliphatic carbocycles. The Morgan fingerprint density at radius 3 is 2.30 bits per heavy atom. The lowest BCUT2D eigenvalue weighted by Gasteiger charge is -2.03. The molecule has 0 saturated carbocycles. The van der Waals surface area contributed by atoms with Crippen LogP contribution >= 0.6 is 0 Å². The van der Waals surface area contributed by atoms with E-state index in [-0.39, 0.29) is 0 Å². The molecule has 2 rings (SSSR count). The van der Waals surface area contributed by atoms with Gasteiger partial charge in [-0.15, -0.1) is 0 Å². The maximum absolute atomic E-state index is 5.53. The van der Waals surface area contributed by atoms with E-state index in [0.29, 0.717) is 5.82 Å². The molecule has 3 heteroatoms. The molecule has 0 saturated heterocycles. The second-order valence-electron chi connectivity index (χ2n) is 4.39. The molecule has 2 aromatic rings. The summed E-state index contributed by atoms with van der Waals surface area (Å²) in [5.41, 5.74) is 2.05. The number of rotatable bonds is 4. The molecule has 0 amide bonds. The Morgan fingerprint density at radius 2 is 1.70 bits per heavy atom. The normalized spacial score (nSPS) is 9.70. The highest BCUT2D eigenvalue weighted by Gasteiger charge is 1.94. The van der Waals surface area contributed by atoms with Crippen LogP contribution in [-0.2, 0) is 6.42 Å². The van der Waals surface area contributed by atoms with Crippen molar-refractivity contribution in [1.29, 1.82) is 0 Å². The summed E-state index contributed by atoms with van der Waals surface area (Å²) in [4.78, 5) is 8.43. The van der Waals surface area contributed by atoms with Gasteiger partial charge in [0, 0.05) is 18.0 Å². The minimum Gasteiger partial charge on any atom is -0.494 e. The van der Waals surface area contributed by atoms with Crippen LogP contribution in [0.1, 0.15) is 37.2 Å². The van der Waals surface area contributed by atoms with Gasteiger partial charge in [0.05, 0.1) is 6.61 Å². The first-order valence-corrected chi connectivity index (χ1v) is 6.87. The molecule has 0 aliphatic rings. The van der Waals surface area contributed by atoms with Crippen molar-refractivity contribution >= 4 is 0 Å². The van der Waals surface area contributed by atoms with Crippen molar-refractivity contribution < 1.29 is 4.74 Å². The van der Waals surface area contributed by atoms with Gasteiger partial charge in [-0.3, -0.25) is 0 Å². The van der Waals surface area contributed by atoms with Crippen molar-refractivity contribution in [2.24, 2.45) is 0 Å². The minimum absolute atomic E-state index is 0.550. The quantitative estimate of drug-likeness (QED) is 0.797. The summed E-state index contributed by atoms with van der Waals surface area (Å²) in [5, 5.41) is 0. The van der Waals surface area contributed by atoms with Crippen LogP contribution in [0, 0.1) is 11.8 Å². The molecule has 0 aliphatic heterocycles. The Kier molecular flexibility index (Phi) is 5.14. The molecule has 0 atom stereocenters. The Bertz CT molecular complexity index is 592. The fraction of sp³-hybridized carbons (Fsp3) is 0.294. The summed E-state index contributed by atoms with van der Waals surface area (Å²) in [6.07, 6.45) is 5.58. The molecule has 0 unspecified atom stereocenters. The molecular weight excluding hydrogens is 248 g/mol. The number of aryl methyl sites for hydroxylation is 1. The summed E-state index contributed by atoms with van der Waals surface area (Å²) in [5.74, 6) is 7.44. The lowest BCUT2D eigenvalue weighted by atomic mass is 10.2. The molecule has 0 fully saturated rings. The number of nitrogens with zero attached hydrogens (tertiary/aromatic N) is 2. The summed E-state index contributed by atoms with van der Waals surface area (Å²) in [6.45, 7) is 4.90. The second-order valence-corrected chi connectivity index (χ2v) is 4.39. The summed E-state index contributed by atoms with van der Waals surface area (Å²) < 4.78 is 5.53. The fourth-order valence-electron chi connectivity index (χ4n) is 1.58. The molecule has 1 aromatic carbocycles. The van der Waals surface area contributed by atoms with Gasteiger partial charge < -0.3 is 4.74 Å². The van der Waals surface area contributed by atoms with Crippen molar-refractivity contribution in [2.45, 2.75) is 26.7 Å². The molecular formula is C17H18N2O. The SMILES string of the molecule is CCCOc1ccc(C#Cc2ncc(CC)cn2)cc1. The van der Waals surface area contributed by atoms with E-state index in [9.17, 15) is 0 Å². The zero-order chi connectivity index (χ0) is 14.2. The van der Waals surface area contributed by atoms with E-state index < -0.39 is 0 Å². The van der Waals surface area contributed by atoms with Crippen LogP contribution in [0.3, 0.4) is 0 Å². The van der Waals surface area contributed by atoms with Gasteiger partial charge in [-0.05, 0) is 48.6 Å². The van der Waals surface area contributed by atoms with Gasteiger partial charge in [-0.1, -0.05) is 19.8 Å². The Hall–Kier alpha value is -2.34. The van der Waals surface area contributed by atoms with Crippen LogP contribution in [0.4, 0.5) is 0 Å². The van der Waals surface area contributed by atoms with Crippen LogP contribution in [0.25, 0.3) is 0 Å². The highest BCUT2D eigenvalue weighted by molar-refractivity contribution is 5.40. The van der Waals surface area contributed by atoms with Crippen LogP contribution in [-0.4, -0.2) is 16.6 Å². The Balaban J connectivity index is 2.04. The first kappa shape index (κ1) is 14.1. The summed E-state index contributed by atoms with van der Waals surface area (Å²) in [6, 6.07) is 7.75. The highest BCUT2D eigenvalue weighted by Crippen LogP contribution is 2.11. The van der Waals surface area contributed by atoms with E-state index in [2.05, 4.69) is 35.7 Å². The summed E-state index contributed by atoms with van der Waals surface area (Å²) >= 11 is 0. The van der Waals surface area contributed by atoms with Gasteiger partial charge in [0.25, 0.3) is 0 Å². The number of aromatic nitrogens is 2. The van der Waals surface area contributed by atoms with Crippen molar-refractivity contribution in [3.05, 3.63) is 53.6 Å². The molecule has 20 heavy (non-hydrogen) atoms. The van der Waals surface area contributed by atoms with E-state index in [1.54, 1.807) is 0 Å². The van der Waals surface area contributed by atoms with E-state index in [1.807, 2.05) is 36.7 Å². The van der Waals surface area contributed by atoms with Crippen molar-refractivity contribution in [1.82, 2.24) is 9.97 Å². The zero-order valence-electron chi connectivity index (χ0n) is 11.9. The van der Waals surface area contributed by atoms with Gasteiger partial charge in [-0.2, -0.15) is 0 Å². The number of benzene rings is 1.